The first-order chi connectivity index (χ1) is 18.0. The van der Waals surface area contributed by atoms with Crippen LogP contribution in [0.2, 0.25) is 0 Å². The number of nitrogens with one attached hydrogen (secondary N) is 3. The van der Waals surface area contributed by atoms with E-state index < -0.39 is 54.0 Å². The number of carboxylic acid groups (broad SMARTS) is 1. The largest absolute Gasteiger partial charge is 0.508 e. The van der Waals surface area contributed by atoms with Crippen molar-refractivity contribution in [3.63, 3.8) is 0 Å². The molecule has 1 rings (SSSR count). The molecule has 12 N–H and O–H groups in total. The van der Waals surface area contributed by atoms with Gasteiger partial charge in [0.1, 0.15) is 23.9 Å². The number of aromatic hydroxyl groups is 1. The molecule has 13 heteroatoms. The van der Waals surface area contributed by atoms with Crippen molar-refractivity contribution in [1.82, 2.24) is 16.0 Å². The lowest BCUT2D eigenvalue weighted by Crippen LogP contribution is -2.59. The Kier molecular flexibility index (Phi) is 14.9. The van der Waals surface area contributed by atoms with Crippen LogP contribution in [0.1, 0.15) is 51.0 Å². The third kappa shape index (κ3) is 11.9. The number of carbonyl (C=O) groups excluding carboxylic acids is 3. The number of rotatable bonds is 18. The van der Waals surface area contributed by atoms with Crippen LogP contribution in [0.15, 0.2) is 24.3 Å². The second-order valence-corrected chi connectivity index (χ2v) is 9.23. The van der Waals surface area contributed by atoms with E-state index >= 15 is 0 Å². The Hall–Kier alpha value is -3.26. The van der Waals surface area contributed by atoms with Gasteiger partial charge in [-0.15, -0.1) is 0 Å². The van der Waals surface area contributed by atoms with Crippen LogP contribution in [0.3, 0.4) is 0 Å². The highest BCUT2D eigenvalue weighted by Gasteiger charge is 2.32. The summed E-state index contributed by atoms with van der Waals surface area (Å²) in [5.74, 6) is -3.37. The number of phenolic OH excluding ortho intramolecular Hbond substituents is 1. The van der Waals surface area contributed by atoms with Crippen molar-refractivity contribution >= 4 is 23.7 Å². The predicted octanol–water partition coefficient (Wildman–Crippen LogP) is -1.56. The van der Waals surface area contributed by atoms with Crippen molar-refractivity contribution in [2.24, 2.45) is 17.2 Å². The number of unbranched alkanes of at least 4 members (excludes halogenated alkanes) is 2. The third-order valence-corrected chi connectivity index (χ3v) is 5.93. The van der Waals surface area contributed by atoms with Crippen molar-refractivity contribution in [3.05, 3.63) is 29.8 Å². The van der Waals surface area contributed by atoms with Crippen molar-refractivity contribution in [2.45, 2.75) is 82.1 Å². The molecule has 214 valence electrons. The molecular weight excluding hydrogens is 496 g/mol. The fourth-order valence-electron chi connectivity index (χ4n) is 3.69. The molecule has 0 saturated heterocycles. The van der Waals surface area contributed by atoms with Crippen LogP contribution in [-0.4, -0.2) is 82.4 Å². The predicted molar refractivity (Wildman–Crippen MR) is 141 cm³/mol. The smallest absolute Gasteiger partial charge is 0.326 e. The molecule has 0 aliphatic heterocycles. The number of phenols is 1. The fraction of sp³-hybridized carbons (Fsp3) is 0.600. The van der Waals surface area contributed by atoms with Crippen molar-refractivity contribution < 1.29 is 34.5 Å². The zero-order valence-corrected chi connectivity index (χ0v) is 21.8. The minimum atomic E-state index is -1.42. The number of carboxylic acids is 1. The number of hydrogen-bond acceptors (Lipinski definition) is 9. The van der Waals surface area contributed by atoms with E-state index in [9.17, 15) is 34.5 Å². The van der Waals surface area contributed by atoms with E-state index in [0.717, 1.165) is 0 Å². The maximum Gasteiger partial charge on any atom is 0.326 e. The molecule has 13 nitrogen and oxygen atoms in total. The van der Waals surface area contributed by atoms with Crippen LogP contribution in [0.5, 0.6) is 5.75 Å². The molecular formula is C25H42N6O7. The van der Waals surface area contributed by atoms with Gasteiger partial charge in [0.2, 0.25) is 17.7 Å². The number of amides is 3. The molecule has 0 radical (unpaired) electrons. The van der Waals surface area contributed by atoms with Crippen molar-refractivity contribution in [2.75, 3.05) is 13.1 Å². The molecule has 0 aromatic heterocycles. The molecule has 0 saturated carbocycles. The first kappa shape index (κ1) is 32.8. The maximum atomic E-state index is 13.0. The van der Waals surface area contributed by atoms with Gasteiger partial charge in [0, 0.05) is 0 Å². The van der Waals surface area contributed by atoms with Crippen LogP contribution in [-0.2, 0) is 25.6 Å². The number of aliphatic hydroxyl groups is 1. The third-order valence-electron chi connectivity index (χ3n) is 5.93. The number of aliphatic hydroxyl groups excluding tert-OH is 1. The molecule has 0 heterocycles. The van der Waals surface area contributed by atoms with Gasteiger partial charge in [-0.1, -0.05) is 12.1 Å². The summed E-state index contributed by atoms with van der Waals surface area (Å²) >= 11 is 0. The zero-order valence-electron chi connectivity index (χ0n) is 21.8. The minimum absolute atomic E-state index is 0.0629. The van der Waals surface area contributed by atoms with Gasteiger partial charge < -0.3 is 48.5 Å². The van der Waals surface area contributed by atoms with E-state index in [1.54, 1.807) is 12.1 Å². The topological polar surface area (TPSA) is 243 Å². The standard InChI is InChI=1S/C25H42N6O7/c1-15(32)21(31-22(34)18(28)14-16-8-10-17(33)11-9-16)24(36)29-19(6-2-4-12-26)23(35)30-20(25(37)38)7-3-5-13-27/h8-11,15,18-21,32-33H,2-7,12-14,26-28H2,1H3,(H,29,36)(H,30,35)(H,31,34)(H,37,38). The highest BCUT2D eigenvalue weighted by molar-refractivity contribution is 5.94. The zero-order chi connectivity index (χ0) is 28.7. The van der Waals surface area contributed by atoms with Crippen molar-refractivity contribution in [1.29, 1.82) is 0 Å². The molecule has 0 aliphatic rings. The molecule has 0 bridgehead atoms. The highest BCUT2D eigenvalue weighted by atomic mass is 16.4. The lowest BCUT2D eigenvalue weighted by molar-refractivity contribution is -0.142. The van der Waals surface area contributed by atoms with Crippen molar-refractivity contribution in [3.8, 4) is 5.75 Å². The summed E-state index contributed by atoms with van der Waals surface area (Å²) in [7, 11) is 0. The summed E-state index contributed by atoms with van der Waals surface area (Å²) in [5, 5.41) is 36.5. The van der Waals surface area contributed by atoms with Gasteiger partial charge in [-0.25, -0.2) is 4.79 Å². The van der Waals surface area contributed by atoms with E-state index in [-0.39, 0.29) is 25.0 Å². The van der Waals surface area contributed by atoms with Gasteiger partial charge in [-0.2, -0.15) is 0 Å². The number of aliphatic carboxylic acids is 1. The van der Waals surface area contributed by atoms with Gasteiger partial charge in [-0.3, -0.25) is 14.4 Å². The summed E-state index contributed by atoms with van der Waals surface area (Å²) in [6.45, 7) is 2.06. The summed E-state index contributed by atoms with van der Waals surface area (Å²) in [6.07, 6.45) is 1.28. The number of carbonyl (C=O) groups is 4. The highest BCUT2D eigenvalue weighted by Crippen LogP contribution is 2.11. The Labute approximate surface area is 222 Å². The Balaban J connectivity index is 2.90. The van der Waals surface area contributed by atoms with E-state index in [2.05, 4.69) is 16.0 Å². The number of nitrogens with two attached hydrogens (primary N) is 3. The van der Waals surface area contributed by atoms with Gasteiger partial charge in [0.15, 0.2) is 0 Å². The maximum absolute atomic E-state index is 13.0. The first-order valence-corrected chi connectivity index (χ1v) is 12.8. The number of hydrogen-bond donors (Lipinski definition) is 9. The van der Waals surface area contributed by atoms with Crippen LogP contribution in [0, 0.1) is 0 Å². The Morgan fingerprint density at radius 3 is 1.84 bits per heavy atom. The normalized spacial score (nSPS) is 15.0. The lowest BCUT2D eigenvalue weighted by Gasteiger charge is -2.26. The summed E-state index contributed by atoms with van der Waals surface area (Å²) in [5.41, 5.74) is 17.6. The molecule has 0 fully saturated rings. The Bertz CT molecular complexity index is 897. The van der Waals surface area contributed by atoms with Crippen LogP contribution >= 0.6 is 0 Å². The molecule has 0 aliphatic carbocycles. The summed E-state index contributed by atoms with van der Waals surface area (Å²) in [6, 6.07) is 1.37. The quantitative estimate of drug-likeness (QED) is 0.0973. The Morgan fingerprint density at radius 2 is 1.34 bits per heavy atom. The first-order valence-electron chi connectivity index (χ1n) is 12.8. The van der Waals surface area contributed by atoms with Gasteiger partial charge in [-0.05, 0) is 82.7 Å². The molecule has 0 spiro atoms. The molecule has 3 amide bonds. The van der Waals surface area contributed by atoms with Crippen LogP contribution in [0.25, 0.3) is 0 Å². The SMILES string of the molecule is CC(O)C(NC(=O)C(N)Cc1ccc(O)cc1)C(=O)NC(CCCCN)C(=O)NC(CCCCN)C(=O)O. The van der Waals surface area contributed by atoms with E-state index in [1.807, 2.05) is 0 Å². The average molecular weight is 539 g/mol. The second kappa shape index (κ2) is 17.3. The van der Waals surface area contributed by atoms with Gasteiger partial charge in [0.05, 0.1) is 12.1 Å². The summed E-state index contributed by atoms with van der Waals surface area (Å²) in [4.78, 5) is 50.2. The molecule has 5 atom stereocenters. The molecule has 38 heavy (non-hydrogen) atoms. The van der Waals surface area contributed by atoms with Gasteiger partial charge >= 0.3 is 5.97 Å². The van der Waals surface area contributed by atoms with Gasteiger partial charge in [0.25, 0.3) is 0 Å². The van der Waals surface area contributed by atoms with E-state index in [0.29, 0.717) is 44.3 Å². The molecule has 1 aromatic rings. The number of benzene rings is 1. The molecule has 5 unspecified atom stereocenters. The summed E-state index contributed by atoms with van der Waals surface area (Å²) < 4.78 is 0. The fourth-order valence-corrected chi connectivity index (χ4v) is 3.69. The Morgan fingerprint density at radius 1 is 0.816 bits per heavy atom. The monoisotopic (exact) mass is 538 g/mol. The molecule has 1 aromatic carbocycles. The lowest BCUT2D eigenvalue weighted by atomic mass is 10.0. The average Bonchev–Trinajstić information content (AvgIpc) is 2.86. The van der Waals surface area contributed by atoms with E-state index in [4.69, 9.17) is 17.2 Å². The minimum Gasteiger partial charge on any atom is -0.508 e. The van der Waals surface area contributed by atoms with Crippen LogP contribution in [0.4, 0.5) is 0 Å². The van der Waals surface area contributed by atoms with Crippen LogP contribution < -0.4 is 33.2 Å². The second-order valence-electron chi connectivity index (χ2n) is 9.23. The van der Waals surface area contributed by atoms with E-state index in [1.165, 1.54) is 19.1 Å².